The fourth-order valence-corrected chi connectivity index (χ4v) is 6.22. The number of hydrogen-bond acceptors (Lipinski definition) is 3. The fourth-order valence-electron chi connectivity index (χ4n) is 5.84. The Labute approximate surface area is 243 Å². The Balaban J connectivity index is 1.57. The van der Waals surface area contributed by atoms with Gasteiger partial charge in [-0.15, -0.1) is 0 Å². The molecule has 200 valence electrons. The van der Waals surface area contributed by atoms with Gasteiger partial charge in [-0.05, 0) is 77.2 Å². The Morgan fingerprint density at radius 3 is 2.35 bits per heavy atom. The number of rotatable bonds is 9. The van der Waals surface area contributed by atoms with Crippen LogP contribution in [-0.2, 0) is 12.1 Å². The van der Waals surface area contributed by atoms with Crippen molar-refractivity contribution in [1.29, 1.82) is 0 Å². The van der Waals surface area contributed by atoms with E-state index in [0.717, 1.165) is 55.8 Å². The van der Waals surface area contributed by atoms with E-state index in [9.17, 15) is 5.11 Å². The predicted octanol–water partition coefficient (Wildman–Crippen LogP) is 8.46. The number of aryl methyl sites for hydroxylation is 1. The van der Waals surface area contributed by atoms with Crippen LogP contribution in [0.1, 0.15) is 35.4 Å². The summed E-state index contributed by atoms with van der Waals surface area (Å²) in [6.45, 7) is 0.810. The molecular weight excluding hydrogens is 560 g/mol. The molecule has 6 aromatic rings. The molecule has 0 saturated carbocycles. The van der Waals surface area contributed by atoms with E-state index in [1.807, 2.05) is 54.6 Å². The van der Waals surface area contributed by atoms with Gasteiger partial charge in [0.2, 0.25) is 5.88 Å². The second-order valence-corrected chi connectivity index (χ2v) is 11.2. The molecule has 6 rings (SSSR count). The van der Waals surface area contributed by atoms with Crippen LogP contribution in [0.3, 0.4) is 0 Å². The van der Waals surface area contributed by atoms with Gasteiger partial charge in [0.25, 0.3) is 0 Å². The zero-order chi connectivity index (χ0) is 27.5. The van der Waals surface area contributed by atoms with Crippen LogP contribution >= 0.6 is 15.9 Å². The normalized spacial score (nSPS) is 13.8. The molecule has 0 aliphatic carbocycles. The van der Waals surface area contributed by atoms with Crippen LogP contribution in [0, 0.1) is 0 Å². The second-order valence-electron chi connectivity index (χ2n) is 10.3. The summed E-state index contributed by atoms with van der Waals surface area (Å²) in [6.07, 6.45) is 5.47. The minimum absolute atomic E-state index is 0.426. The number of nitrogens with zero attached hydrogens (tertiary/aromatic N) is 2. The van der Waals surface area contributed by atoms with E-state index < -0.39 is 11.5 Å². The van der Waals surface area contributed by atoms with Gasteiger partial charge >= 0.3 is 0 Å². The lowest BCUT2D eigenvalue weighted by atomic mass is 9.71. The highest BCUT2D eigenvalue weighted by Gasteiger charge is 2.42. The number of benzene rings is 4. The molecule has 1 N–H and O–H groups in total. The summed E-state index contributed by atoms with van der Waals surface area (Å²) in [5.74, 6) is 0.0960. The average molecular weight is 592 g/mol. The number of hydrogen-bond donors (Lipinski definition) is 1. The number of halogens is 1. The Bertz CT molecular complexity index is 1750. The topological polar surface area (TPSA) is 47.3 Å². The van der Waals surface area contributed by atoms with E-state index in [1.54, 1.807) is 7.11 Å². The first-order valence-electron chi connectivity index (χ1n) is 13.6. The summed E-state index contributed by atoms with van der Waals surface area (Å²) >= 11 is 3.62. The van der Waals surface area contributed by atoms with Gasteiger partial charge in [0.1, 0.15) is 5.60 Å². The molecule has 2 aromatic heterocycles. The first-order valence-corrected chi connectivity index (χ1v) is 14.4. The van der Waals surface area contributed by atoms with Crippen LogP contribution in [0.15, 0.2) is 126 Å². The van der Waals surface area contributed by atoms with Crippen LogP contribution in [0.25, 0.3) is 21.7 Å². The first-order chi connectivity index (χ1) is 19.5. The smallest absolute Gasteiger partial charge is 0.217 e. The maximum atomic E-state index is 13.1. The second kappa shape index (κ2) is 11.3. The molecule has 2 atom stereocenters. The maximum Gasteiger partial charge on any atom is 0.217 e. The molecule has 40 heavy (non-hydrogen) atoms. The van der Waals surface area contributed by atoms with Gasteiger partial charge in [-0.25, -0.2) is 4.98 Å². The molecule has 4 nitrogen and oxygen atoms in total. The molecule has 0 aliphatic rings. The van der Waals surface area contributed by atoms with Gasteiger partial charge in [0.05, 0.1) is 12.6 Å². The summed E-state index contributed by atoms with van der Waals surface area (Å²) in [7, 11) is 1.65. The van der Waals surface area contributed by atoms with Crippen LogP contribution in [0.2, 0.25) is 0 Å². The van der Waals surface area contributed by atoms with Gasteiger partial charge in [-0.2, -0.15) is 0 Å². The van der Waals surface area contributed by atoms with Crippen molar-refractivity contribution in [2.45, 2.75) is 30.9 Å². The molecular formula is C35H31BrN2O2. The third-order valence-electron chi connectivity index (χ3n) is 7.77. The molecule has 0 fully saturated rings. The van der Waals surface area contributed by atoms with Gasteiger partial charge in [0, 0.05) is 40.3 Å². The zero-order valence-electron chi connectivity index (χ0n) is 22.4. The standard InChI is InChI=1S/C35H31BrN2O2/c1-40-34-31(24-28-23-30(36)16-17-32(28)37-34)33(26-11-3-2-4-12-26)35(39,18-9-21-38-19-7-8-20-38)29-15-14-25-10-5-6-13-27(25)22-29/h2-8,10-17,19-20,22-24,33,39H,9,18,21H2,1H3. The largest absolute Gasteiger partial charge is 0.481 e. The lowest BCUT2D eigenvalue weighted by Gasteiger charge is -2.38. The predicted molar refractivity (Wildman–Crippen MR) is 166 cm³/mol. The van der Waals surface area contributed by atoms with Crippen LogP contribution < -0.4 is 4.74 Å². The summed E-state index contributed by atoms with van der Waals surface area (Å²) < 4.78 is 9.05. The lowest BCUT2D eigenvalue weighted by Crippen LogP contribution is -2.35. The molecule has 0 bridgehead atoms. The highest BCUT2D eigenvalue weighted by atomic mass is 79.9. The SMILES string of the molecule is COc1nc2ccc(Br)cc2cc1C(c1ccccc1)C(O)(CCCn1cccc1)c1ccc2ccccc2c1. The minimum atomic E-state index is -1.24. The number of ether oxygens (including phenoxy) is 1. The Morgan fingerprint density at radius 1 is 0.825 bits per heavy atom. The first kappa shape index (κ1) is 26.3. The highest BCUT2D eigenvalue weighted by Crippen LogP contribution is 2.48. The summed E-state index contributed by atoms with van der Waals surface area (Å²) in [6, 6.07) is 37.1. The molecule has 4 aromatic carbocycles. The summed E-state index contributed by atoms with van der Waals surface area (Å²) in [5, 5.41) is 16.3. The van der Waals surface area contributed by atoms with E-state index >= 15 is 0 Å². The van der Waals surface area contributed by atoms with Crippen LogP contribution in [-0.4, -0.2) is 21.8 Å². The fraction of sp³-hybridized carbons (Fsp3) is 0.171. The molecule has 2 heterocycles. The Hall–Kier alpha value is -3.93. The third kappa shape index (κ3) is 5.15. The molecule has 0 aliphatic heterocycles. The van der Waals surface area contributed by atoms with E-state index in [4.69, 9.17) is 9.72 Å². The Kier molecular flexibility index (Phi) is 7.42. The lowest BCUT2D eigenvalue weighted by molar-refractivity contribution is 0.00673. The number of fused-ring (bicyclic) bond motifs is 2. The van der Waals surface area contributed by atoms with Crippen molar-refractivity contribution in [2.24, 2.45) is 0 Å². The molecule has 5 heteroatoms. The molecule has 2 unspecified atom stereocenters. The van der Waals surface area contributed by atoms with Crippen molar-refractivity contribution in [1.82, 2.24) is 9.55 Å². The third-order valence-corrected chi connectivity index (χ3v) is 8.27. The van der Waals surface area contributed by atoms with Crippen molar-refractivity contribution in [3.05, 3.63) is 143 Å². The number of pyridine rings is 1. The average Bonchev–Trinajstić information content (AvgIpc) is 3.51. The van der Waals surface area contributed by atoms with Gasteiger partial charge in [-0.1, -0.05) is 82.7 Å². The monoisotopic (exact) mass is 590 g/mol. The highest BCUT2D eigenvalue weighted by molar-refractivity contribution is 9.10. The van der Waals surface area contributed by atoms with E-state index in [1.165, 1.54) is 0 Å². The van der Waals surface area contributed by atoms with Crippen molar-refractivity contribution in [3.8, 4) is 5.88 Å². The van der Waals surface area contributed by atoms with Crippen molar-refractivity contribution >= 4 is 37.6 Å². The van der Waals surface area contributed by atoms with Gasteiger partial charge in [0.15, 0.2) is 0 Å². The van der Waals surface area contributed by atoms with Crippen molar-refractivity contribution < 1.29 is 9.84 Å². The van der Waals surface area contributed by atoms with Crippen LogP contribution in [0.4, 0.5) is 0 Å². The van der Waals surface area contributed by atoms with Crippen LogP contribution in [0.5, 0.6) is 5.88 Å². The van der Waals surface area contributed by atoms with Crippen molar-refractivity contribution in [3.63, 3.8) is 0 Å². The quantitative estimate of drug-likeness (QED) is 0.184. The Morgan fingerprint density at radius 2 is 1.57 bits per heavy atom. The van der Waals surface area contributed by atoms with E-state index in [0.29, 0.717) is 12.3 Å². The molecule has 0 amide bonds. The minimum Gasteiger partial charge on any atom is -0.481 e. The number of aliphatic hydroxyl groups is 1. The van der Waals surface area contributed by atoms with Gasteiger partial charge in [-0.3, -0.25) is 0 Å². The molecule has 0 spiro atoms. The zero-order valence-corrected chi connectivity index (χ0v) is 24.0. The summed E-state index contributed by atoms with van der Waals surface area (Å²) in [4.78, 5) is 4.90. The summed E-state index contributed by atoms with van der Waals surface area (Å²) in [5.41, 5.74) is 2.35. The molecule has 0 saturated heterocycles. The number of methoxy groups -OCH3 is 1. The number of aromatic nitrogens is 2. The van der Waals surface area contributed by atoms with E-state index in [2.05, 4.69) is 87.5 Å². The molecule has 0 radical (unpaired) electrons. The maximum absolute atomic E-state index is 13.1. The van der Waals surface area contributed by atoms with Gasteiger partial charge < -0.3 is 14.4 Å². The van der Waals surface area contributed by atoms with E-state index in [-0.39, 0.29) is 0 Å². The van der Waals surface area contributed by atoms with Crippen molar-refractivity contribution in [2.75, 3.05) is 7.11 Å².